The van der Waals surface area contributed by atoms with Gasteiger partial charge in [0, 0.05) is 17.4 Å². The van der Waals surface area contributed by atoms with E-state index in [1.165, 1.54) is 0 Å². The summed E-state index contributed by atoms with van der Waals surface area (Å²) in [7, 11) is 0. The molecule has 2 N–H and O–H groups in total. The fraction of sp³-hybridized carbons (Fsp3) is 0.300. The molecule has 7 heteroatoms. The Morgan fingerprint density at radius 3 is 2.59 bits per heavy atom. The van der Waals surface area contributed by atoms with Crippen molar-refractivity contribution in [1.29, 1.82) is 0 Å². The number of carbonyl (C=O) groups is 2. The maximum Gasteiger partial charge on any atom is 0.310 e. The zero-order chi connectivity index (χ0) is 19.7. The quantitative estimate of drug-likeness (QED) is 0.716. The molecule has 0 aliphatic heterocycles. The van der Waals surface area contributed by atoms with Gasteiger partial charge in [-0.2, -0.15) is 5.10 Å². The van der Waals surface area contributed by atoms with Crippen LogP contribution in [0.1, 0.15) is 54.3 Å². The third kappa shape index (κ3) is 3.67. The van der Waals surface area contributed by atoms with Crippen molar-refractivity contribution in [2.75, 3.05) is 5.32 Å². The molecule has 0 radical (unpaired) electrons. The molecule has 3 rings (SSSR count). The number of nitrogens with zero attached hydrogens (tertiary/aromatic N) is 3. The molecule has 1 atom stereocenters. The summed E-state index contributed by atoms with van der Waals surface area (Å²) in [6.07, 6.45) is 1.65. The van der Waals surface area contributed by atoms with Gasteiger partial charge in [0.2, 0.25) is 0 Å². The van der Waals surface area contributed by atoms with Crippen LogP contribution in [0.15, 0.2) is 36.5 Å². The van der Waals surface area contributed by atoms with Gasteiger partial charge in [-0.05, 0) is 51.5 Å². The van der Waals surface area contributed by atoms with E-state index in [4.69, 9.17) is 0 Å². The van der Waals surface area contributed by atoms with Gasteiger partial charge in [-0.15, -0.1) is 0 Å². The Morgan fingerprint density at radius 2 is 1.93 bits per heavy atom. The van der Waals surface area contributed by atoms with Crippen molar-refractivity contribution >= 4 is 28.6 Å². The average molecular weight is 366 g/mol. The summed E-state index contributed by atoms with van der Waals surface area (Å²) in [5, 5.41) is 17.1. The first-order valence-electron chi connectivity index (χ1n) is 8.77. The first-order chi connectivity index (χ1) is 12.8. The van der Waals surface area contributed by atoms with E-state index in [9.17, 15) is 14.7 Å². The highest BCUT2D eigenvalue weighted by Gasteiger charge is 2.18. The maximum absolute atomic E-state index is 12.9. The van der Waals surface area contributed by atoms with Gasteiger partial charge in [0.05, 0.1) is 23.1 Å². The number of carbonyl (C=O) groups excluding carboxylic acids is 1. The Bertz CT molecular complexity index is 1020. The van der Waals surface area contributed by atoms with E-state index in [-0.39, 0.29) is 11.9 Å². The molecule has 0 bridgehead atoms. The lowest BCUT2D eigenvalue weighted by Crippen LogP contribution is -2.14. The summed E-state index contributed by atoms with van der Waals surface area (Å²) in [6.45, 7) is 7.46. The number of aromatic nitrogens is 3. The van der Waals surface area contributed by atoms with Crippen molar-refractivity contribution in [1.82, 2.24) is 14.8 Å². The molecule has 2 heterocycles. The van der Waals surface area contributed by atoms with Crippen LogP contribution in [0, 0.1) is 6.92 Å². The number of pyridine rings is 1. The number of aliphatic carboxylic acids is 1. The number of carboxylic acid groups (broad SMARTS) is 1. The Hall–Kier alpha value is -3.22. The molecule has 0 aliphatic carbocycles. The van der Waals surface area contributed by atoms with Gasteiger partial charge >= 0.3 is 5.97 Å². The third-order valence-corrected chi connectivity index (χ3v) is 4.44. The van der Waals surface area contributed by atoms with Gasteiger partial charge in [-0.3, -0.25) is 9.59 Å². The number of amides is 1. The number of nitrogens with one attached hydrogen (secondary N) is 1. The molecular weight excluding hydrogens is 344 g/mol. The van der Waals surface area contributed by atoms with Crippen molar-refractivity contribution in [3.8, 4) is 0 Å². The zero-order valence-corrected chi connectivity index (χ0v) is 15.7. The number of hydrogen-bond donors (Lipinski definition) is 2. The first-order valence-corrected chi connectivity index (χ1v) is 8.77. The number of carboxylic acids is 1. The highest BCUT2D eigenvalue weighted by Crippen LogP contribution is 2.23. The maximum atomic E-state index is 12.9. The van der Waals surface area contributed by atoms with Crippen LogP contribution in [0.5, 0.6) is 0 Å². The van der Waals surface area contributed by atoms with Gasteiger partial charge in [0.15, 0.2) is 5.65 Å². The summed E-state index contributed by atoms with van der Waals surface area (Å²) >= 11 is 0. The van der Waals surface area contributed by atoms with Crippen LogP contribution in [-0.4, -0.2) is 31.7 Å². The van der Waals surface area contributed by atoms with Crippen LogP contribution in [0.25, 0.3) is 11.0 Å². The predicted molar refractivity (Wildman–Crippen MR) is 103 cm³/mol. The SMILES string of the molecule is Cc1cc(C(=O)Nc2cccc(C(C)C(=O)O)c2)c2cnn(C(C)C)c2n1. The molecule has 0 saturated heterocycles. The summed E-state index contributed by atoms with van der Waals surface area (Å²) < 4.78 is 1.79. The number of benzene rings is 1. The Labute approximate surface area is 157 Å². The third-order valence-electron chi connectivity index (χ3n) is 4.44. The minimum atomic E-state index is -0.911. The minimum Gasteiger partial charge on any atom is -0.481 e. The van der Waals surface area contributed by atoms with E-state index in [1.807, 2.05) is 20.8 Å². The topological polar surface area (TPSA) is 97.1 Å². The van der Waals surface area contributed by atoms with E-state index in [2.05, 4.69) is 15.4 Å². The highest BCUT2D eigenvalue weighted by molar-refractivity contribution is 6.12. The molecule has 2 aromatic heterocycles. The van der Waals surface area contributed by atoms with E-state index < -0.39 is 11.9 Å². The van der Waals surface area contributed by atoms with Gasteiger partial charge < -0.3 is 10.4 Å². The molecule has 3 aromatic rings. The van der Waals surface area contributed by atoms with E-state index in [0.717, 1.165) is 5.69 Å². The average Bonchev–Trinajstić information content (AvgIpc) is 3.04. The number of aryl methyl sites for hydroxylation is 1. The normalized spacial score (nSPS) is 12.3. The van der Waals surface area contributed by atoms with E-state index in [1.54, 1.807) is 48.1 Å². The Kier molecular flexibility index (Phi) is 4.94. The molecule has 1 amide bonds. The molecule has 1 unspecified atom stereocenters. The fourth-order valence-corrected chi connectivity index (χ4v) is 2.94. The second-order valence-corrected chi connectivity index (χ2v) is 6.87. The first kappa shape index (κ1) is 18.6. The van der Waals surface area contributed by atoms with Gasteiger partial charge in [0.25, 0.3) is 5.91 Å². The second kappa shape index (κ2) is 7.19. The standard InChI is InChI=1S/C20H22N4O3/c1-11(2)24-18-17(10-21-24)16(8-12(3)22-18)19(25)23-15-7-5-6-14(9-15)13(4)20(26)27/h5-11,13H,1-4H3,(H,23,25)(H,26,27). The van der Waals surface area contributed by atoms with Crippen LogP contribution in [0.4, 0.5) is 5.69 Å². The molecule has 0 saturated carbocycles. The number of rotatable bonds is 5. The van der Waals surface area contributed by atoms with Crippen LogP contribution in [0.2, 0.25) is 0 Å². The monoisotopic (exact) mass is 366 g/mol. The second-order valence-electron chi connectivity index (χ2n) is 6.87. The zero-order valence-electron chi connectivity index (χ0n) is 15.7. The smallest absolute Gasteiger partial charge is 0.310 e. The number of hydrogen-bond acceptors (Lipinski definition) is 4. The molecule has 0 fully saturated rings. The Morgan fingerprint density at radius 1 is 1.19 bits per heavy atom. The minimum absolute atomic E-state index is 0.127. The molecule has 0 aliphatic rings. The highest BCUT2D eigenvalue weighted by atomic mass is 16.4. The molecular formula is C20H22N4O3. The molecule has 1 aromatic carbocycles. The van der Waals surface area contributed by atoms with Gasteiger partial charge in [-0.1, -0.05) is 12.1 Å². The molecule has 140 valence electrons. The van der Waals surface area contributed by atoms with Crippen LogP contribution in [0.3, 0.4) is 0 Å². The summed E-state index contributed by atoms with van der Waals surface area (Å²) in [5.74, 6) is -1.85. The van der Waals surface area contributed by atoms with Crippen LogP contribution in [-0.2, 0) is 4.79 Å². The molecule has 7 nitrogen and oxygen atoms in total. The largest absolute Gasteiger partial charge is 0.481 e. The molecule has 0 spiro atoms. The summed E-state index contributed by atoms with van der Waals surface area (Å²) in [6, 6.07) is 8.73. The van der Waals surface area contributed by atoms with Gasteiger partial charge in [-0.25, -0.2) is 9.67 Å². The lowest BCUT2D eigenvalue weighted by molar-refractivity contribution is -0.138. The van der Waals surface area contributed by atoms with Crippen LogP contribution < -0.4 is 5.32 Å². The van der Waals surface area contributed by atoms with Crippen molar-refractivity contribution < 1.29 is 14.7 Å². The Balaban J connectivity index is 1.96. The predicted octanol–water partition coefficient (Wildman–Crippen LogP) is 3.76. The van der Waals surface area contributed by atoms with E-state index in [0.29, 0.717) is 27.8 Å². The van der Waals surface area contributed by atoms with Crippen LogP contribution >= 0.6 is 0 Å². The van der Waals surface area contributed by atoms with Gasteiger partial charge in [0.1, 0.15) is 0 Å². The number of anilines is 1. The van der Waals surface area contributed by atoms with Crippen molar-refractivity contribution in [3.63, 3.8) is 0 Å². The summed E-state index contributed by atoms with van der Waals surface area (Å²) in [5.41, 5.74) is 3.06. The van der Waals surface area contributed by atoms with Crippen molar-refractivity contribution in [3.05, 3.63) is 53.3 Å². The van der Waals surface area contributed by atoms with E-state index >= 15 is 0 Å². The lowest BCUT2D eigenvalue weighted by atomic mass is 10.0. The van der Waals surface area contributed by atoms with Crippen molar-refractivity contribution in [2.24, 2.45) is 0 Å². The lowest BCUT2D eigenvalue weighted by Gasteiger charge is -2.11. The molecule has 27 heavy (non-hydrogen) atoms. The number of fused-ring (bicyclic) bond motifs is 1. The summed E-state index contributed by atoms with van der Waals surface area (Å²) in [4.78, 5) is 28.6. The fourth-order valence-electron chi connectivity index (χ4n) is 2.94. The van der Waals surface area contributed by atoms with Crippen molar-refractivity contribution in [2.45, 2.75) is 39.7 Å².